The van der Waals surface area contributed by atoms with Gasteiger partial charge in [-0.15, -0.1) is 0 Å². The van der Waals surface area contributed by atoms with Crippen LogP contribution in [0.5, 0.6) is 28.7 Å². The Labute approximate surface area is 241 Å². The Bertz CT molecular complexity index is 1540. The van der Waals surface area contributed by atoms with Crippen LogP contribution in [0.3, 0.4) is 0 Å². The molecule has 1 aromatic heterocycles. The van der Waals surface area contributed by atoms with Crippen LogP contribution in [-0.2, 0) is 14.2 Å². The Balaban J connectivity index is 1.48. The summed E-state index contributed by atoms with van der Waals surface area (Å²) in [5.41, 5.74) is -1.35. The first-order valence-corrected chi connectivity index (χ1v) is 13.0. The van der Waals surface area contributed by atoms with Gasteiger partial charge < -0.3 is 74.4 Å². The van der Waals surface area contributed by atoms with Gasteiger partial charge in [-0.3, -0.25) is 4.79 Å². The number of phenols is 4. The van der Waals surface area contributed by atoms with Crippen LogP contribution in [-0.4, -0.2) is 119 Å². The molecule has 16 nitrogen and oxygen atoms in total. The molecule has 0 bridgehead atoms. The molecular weight excluding hydrogens is 580 g/mol. The first kappa shape index (κ1) is 30.7. The van der Waals surface area contributed by atoms with Gasteiger partial charge >= 0.3 is 0 Å². The molecule has 0 unspecified atom stereocenters. The van der Waals surface area contributed by atoms with Crippen LogP contribution in [0.15, 0.2) is 39.5 Å². The number of hydrogen-bond acceptors (Lipinski definition) is 16. The molecule has 2 saturated heterocycles. The van der Waals surface area contributed by atoms with Crippen LogP contribution in [0.4, 0.5) is 0 Å². The van der Waals surface area contributed by atoms with E-state index in [1.165, 1.54) is 13.0 Å². The molecule has 0 amide bonds. The van der Waals surface area contributed by atoms with Crippen molar-refractivity contribution in [2.24, 2.45) is 0 Å². The summed E-state index contributed by atoms with van der Waals surface area (Å²) in [5.74, 6) is -3.33. The largest absolute Gasteiger partial charge is 0.508 e. The molecule has 10 N–H and O–H groups in total. The third-order valence-corrected chi connectivity index (χ3v) is 7.29. The fourth-order valence-corrected chi connectivity index (χ4v) is 4.84. The summed E-state index contributed by atoms with van der Waals surface area (Å²) in [6, 6.07) is 5.24. The van der Waals surface area contributed by atoms with Crippen molar-refractivity contribution in [3.63, 3.8) is 0 Å². The third kappa shape index (κ3) is 5.67. The lowest BCUT2D eigenvalue weighted by Crippen LogP contribution is -2.61. The van der Waals surface area contributed by atoms with Crippen LogP contribution in [0, 0.1) is 0 Å². The van der Waals surface area contributed by atoms with Crippen LogP contribution in [0.2, 0.25) is 0 Å². The Hall–Kier alpha value is -3.71. The minimum Gasteiger partial charge on any atom is -0.508 e. The standard InChI is InChI=1S/C27H30O16/c1-8-17(32)20(35)22(37)26(40-8)39-7-15-18(33)21(36)23(38)27(42-15)43-25-19(34)16-13(31)5-10(28)6-14(16)41-24(25)9-2-3-11(29)12(30)4-9/h2-6,8,15,17-18,20-23,26-33,35-38H,7H2,1H3/t8-,15-,17-,18+,20+,21+,22+,23-,26+,27+/m1/s1. The second-order valence-corrected chi connectivity index (χ2v) is 10.3. The minimum absolute atomic E-state index is 0.0313. The molecule has 0 spiro atoms. The molecule has 2 aliphatic rings. The van der Waals surface area contributed by atoms with Crippen molar-refractivity contribution in [3.05, 3.63) is 40.6 Å². The zero-order chi connectivity index (χ0) is 31.3. The van der Waals surface area contributed by atoms with Crippen molar-refractivity contribution < 1.29 is 74.4 Å². The molecule has 2 fully saturated rings. The maximum absolute atomic E-state index is 13.6. The van der Waals surface area contributed by atoms with E-state index in [4.69, 9.17) is 23.4 Å². The van der Waals surface area contributed by atoms with Gasteiger partial charge in [0, 0.05) is 17.7 Å². The number of aliphatic hydroxyl groups excluding tert-OH is 6. The van der Waals surface area contributed by atoms with Crippen molar-refractivity contribution in [1.82, 2.24) is 0 Å². The lowest BCUT2D eigenvalue weighted by Gasteiger charge is -2.42. The second kappa shape index (κ2) is 11.8. The highest BCUT2D eigenvalue weighted by molar-refractivity contribution is 5.88. The molecule has 10 atom stereocenters. The van der Waals surface area contributed by atoms with E-state index in [0.717, 1.165) is 24.3 Å². The fraction of sp³-hybridized carbons (Fsp3) is 0.444. The summed E-state index contributed by atoms with van der Waals surface area (Å²) in [6.07, 6.45) is -16.2. The molecule has 2 aliphatic heterocycles. The number of ether oxygens (including phenoxy) is 4. The first-order valence-electron chi connectivity index (χ1n) is 13.0. The maximum atomic E-state index is 13.6. The van der Waals surface area contributed by atoms with Gasteiger partial charge in [-0.05, 0) is 25.1 Å². The number of aliphatic hydroxyl groups is 6. The summed E-state index contributed by atoms with van der Waals surface area (Å²) >= 11 is 0. The molecule has 5 rings (SSSR count). The summed E-state index contributed by atoms with van der Waals surface area (Å²) in [6.45, 7) is 0.818. The van der Waals surface area contributed by atoms with Gasteiger partial charge in [0.2, 0.25) is 17.5 Å². The fourth-order valence-electron chi connectivity index (χ4n) is 4.84. The molecule has 3 heterocycles. The Morgan fingerprint density at radius 2 is 1.42 bits per heavy atom. The predicted molar refractivity (Wildman–Crippen MR) is 140 cm³/mol. The van der Waals surface area contributed by atoms with Crippen LogP contribution in [0.25, 0.3) is 22.3 Å². The summed E-state index contributed by atoms with van der Waals surface area (Å²) in [7, 11) is 0. The highest BCUT2D eigenvalue weighted by atomic mass is 16.7. The van der Waals surface area contributed by atoms with Gasteiger partial charge in [-0.2, -0.15) is 0 Å². The van der Waals surface area contributed by atoms with Crippen LogP contribution < -0.4 is 10.2 Å². The Morgan fingerprint density at radius 1 is 0.744 bits per heavy atom. The maximum Gasteiger partial charge on any atom is 0.239 e. The summed E-state index contributed by atoms with van der Waals surface area (Å²) in [4.78, 5) is 13.6. The lowest BCUT2D eigenvalue weighted by molar-refractivity contribution is -0.318. The minimum atomic E-state index is -1.97. The normalized spacial score (nSPS) is 33.0. The van der Waals surface area contributed by atoms with Gasteiger partial charge in [0.1, 0.15) is 65.2 Å². The van der Waals surface area contributed by atoms with Gasteiger partial charge in [-0.1, -0.05) is 0 Å². The predicted octanol–water partition coefficient (Wildman–Crippen LogP) is -1.69. The van der Waals surface area contributed by atoms with E-state index in [-0.39, 0.29) is 11.1 Å². The van der Waals surface area contributed by atoms with Gasteiger partial charge in [0.15, 0.2) is 23.5 Å². The number of phenolic OH excluding ortho intramolecular Hbond substituents is 4. The highest BCUT2D eigenvalue weighted by Gasteiger charge is 2.47. The molecule has 2 aromatic carbocycles. The Kier molecular flexibility index (Phi) is 8.41. The number of fused-ring (bicyclic) bond motifs is 1. The van der Waals surface area contributed by atoms with Crippen molar-refractivity contribution in [2.45, 2.75) is 68.3 Å². The summed E-state index contributed by atoms with van der Waals surface area (Å²) in [5, 5.41) is 101. The van der Waals surface area contributed by atoms with Crippen molar-refractivity contribution >= 4 is 11.0 Å². The average Bonchev–Trinajstić information content (AvgIpc) is 2.96. The van der Waals surface area contributed by atoms with E-state index in [0.29, 0.717) is 0 Å². The average molecular weight is 611 g/mol. The van der Waals surface area contributed by atoms with Crippen molar-refractivity contribution in [3.8, 4) is 40.1 Å². The monoisotopic (exact) mass is 610 g/mol. The highest BCUT2D eigenvalue weighted by Crippen LogP contribution is 2.39. The zero-order valence-corrected chi connectivity index (χ0v) is 22.3. The molecule has 3 aromatic rings. The number of aromatic hydroxyl groups is 4. The van der Waals surface area contributed by atoms with E-state index >= 15 is 0 Å². The SMILES string of the molecule is C[C@H]1O[C@H](OC[C@H]2O[C@@H](Oc3c(-c4ccc(O)c(O)c4)oc4cc(O)cc(O)c4c3=O)[C@H](O)[C@@H](O)[C@H]2O)[C@@H](O)[C@@H](O)[C@@H]1O. The van der Waals surface area contributed by atoms with Gasteiger partial charge in [-0.25, -0.2) is 0 Å². The van der Waals surface area contributed by atoms with Gasteiger partial charge in [0.05, 0.1) is 12.7 Å². The van der Waals surface area contributed by atoms with E-state index in [2.05, 4.69) is 0 Å². The topological polar surface area (TPSA) is 269 Å². The molecule has 234 valence electrons. The molecule has 43 heavy (non-hydrogen) atoms. The van der Waals surface area contributed by atoms with Crippen LogP contribution >= 0.6 is 0 Å². The molecule has 0 aliphatic carbocycles. The third-order valence-electron chi connectivity index (χ3n) is 7.29. The number of rotatable bonds is 6. The van der Waals surface area contributed by atoms with Crippen molar-refractivity contribution in [2.75, 3.05) is 6.61 Å². The number of hydrogen-bond donors (Lipinski definition) is 10. The van der Waals surface area contributed by atoms with E-state index in [1.807, 2.05) is 0 Å². The Morgan fingerprint density at radius 3 is 2.12 bits per heavy atom. The van der Waals surface area contributed by atoms with E-state index < -0.39 is 113 Å². The smallest absolute Gasteiger partial charge is 0.239 e. The lowest BCUT2D eigenvalue weighted by atomic mass is 9.98. The molecule has 0 radical (unpaired) electrons. The van der Waals surface area contributed by atoms with Gasteiger partial charge in [0.25, 0.3) is 0 Å². The molecule has 0 saturated carbocycles. The second-order valence-electron chi connectivity index (χ2n) is 10.3. The molecule has 16 heteroatoms. The van der Waals surface area contributed by atoms with Crippen LogP contribution in [0.1, 0.15) is 6.92 Å². The van der Waals surface area contributed by atoms with E-state index in [1.54, 1.807) is 0 Å². The van der Waals surface area contributed by atoms with E-state index in [9.17, 15) is 55.9 Å². The number of benzene rings is 2. The molecular formula is C27H30O16. The quantitative estimate of drug-likeness (QED) is 0.140. The zero-order valence-electron chi connectivity index (χ0n) is 22.3. The van der Waals surface area contributed by atoms with Crippen molar-refractivity contribution in [1.29, 1.82) is 0 Å². The summed E-state index contributed by atoms with van der Waals surface area (Å²) < 4.78 is 27.8. The first-order chi connectivity index (χ1) is 20.3.